The van der Waals surface area contributed by atoms with E-state index in [1.807, 2.05) is 18.9 Å². The summed E-state index contributed by atoms with van der Waals surface area (Å²) in [5.41, 5.74) is 2.26. The molecule has 5 heteroatoms. The molecule has 0 aliphatic heterocycles. The van der Waals surface area contributed by atoms with E-state index < -0.39 is 0 Å². The van der Waals surface area contributed by atoms with Gasteiger partial charge in [-0.2, -0.15) is 0 Å². The van der Waals surface area contributed by atoms with E-state index in [9.17, 15) is 4.79 Å². The lowest BCUT2D eigenvalue weighted by atomic mass is 10.1. The highest BCUT2D eigenvalue weighted by Gasteiger charge is 2.10. The number of halogens is 1. The molecule has 21 heavy (non-hydrogen) atoms. The van der Waals surface area contributed by atoms with Gasteiger partial charge < -0.3 is 15.5 Å². The van der Waals surface area contributed by atoms with E-state index in [0.29, 0.717) is 19.0 Å². The number of anilines is 1. The van der Waals surface area contributed by atoms with Gasteiger partial charge in [-0.25, -0.2) is 0 Å². The van der Waals surface area contributed by atoms with Crippen molar-refractivity contribution in [2.24, 2.45) is 5.92 Å². The Kier molecular flexibility index (Phi) is 7.75. The zero-order valence-electron chi connectivity index (χ0n) is 13.4. The molecule has 0 saturated carbocycles. The molecule has 1 rings (SSSR count). The number of carbonyl (C=O) groups is 1. The molecule has 0 radical (unpaired) electrons. The van der Waals surface area contributed by atoms with Gasteiger partial charge >= 0.3 is 0 Å². The van der Waals surface area contributed by atoms with E-state index in [-0.39, 0.29) is 5.91 Å². The molecule has 0 bridgehead atoms. The molecule has 118 valence electrons. The highest BCUT2D eigenvalue weighted by atomic mass is 79.9. The molecule has 0 unspecified atom stereocenters. The number of likely N-dealkylation sites (N-methyl/N-ethyl adjacent to an activating group) is 2. The van der Waals surface area contributed by atoms with Gasteiger partial charge in [0.15, 0.2) is 0 Å². The zero-order chi connectivity index (χ0) is 15.8. The third-order valence-corrected chi connectivity index (χ3v) is 3.69. The number of nitrogens with zero attached hydrogens (tertiary/aromatic N) is 1. The summed E-state index contributed by atoms with van der Waals surface area (Å²) in [7, 11) is 1.92. The Morgan fingerprint density at radius 1 is 1.38 bits per heavy atom. The molecule has 0 aliphatic carbocycles. The Bertz CT molecular complexity index is 463. The fourth-order valence-electron chi connectivity index (χ4n) is 2.03. The highest BCUT2D eigenvalue weighted by molar-refractivity contribution is 9.10. The van der Waals surface area contributed by atoms with Crippen LogP contribution < -0.4 is 15.5 Å². The van der Waals surface area contributed by atoms with Crippen LogP contribution in [0.1, 0.15) is 26.3 Å². The first-order chi connectivity index (χ1) is 9.93. The normalized spacial score (nSPS) is 10.8. The summed E-state index contributed by atoms with van der Waals surface area (Å²) < 4.78 is 1.01. The average molecular weight is 356 g/mol. The lowest BCUT2D eigenvalue weighted by Gasteiger charge is -2.20. The van der Waals surface area contributed by atoms with Crippen LogP contribution in [-0.4, -0.2) is 32.6 Å². The van der Waals surface area contributed by atoms with Crippen molar-refractivity contribution in [3.05, 3.63) is 28.2 Å². The Morgan fingerprint density at radius 3 is 2.67 bits per heavy atom. The lowest BCUT2D eigenvalue weighted by molar-refractivity contribution is -0.119. The average Bonchev–Trinajstić information content (AvgIpc) is 2.38. The van der Waals surface area contributed by atoms with E-state index in [0.717, 1.165) is 23.2 Å². The second kappa shape index (κ2) is 9.05. The number of rotatable bonds is 8. The smallest absolute Gasteiger partial charge is 0.239 e. The molecule has 1 aromatic carbocycles. The fourth-order valence-corrected chi connectivity index (χ4v) is 2.76. The van der Waals surface area contributed by atoms with Gasteiger partial charge in [0.25, 0.3) is 0 Å². The van der Waals surface area contributed by atoms with Gasteiger partial charge in [-0.05, 0) is 53.0 Å². The summed E-state index contributed by atoms with van der Waals surface area (Å²) in [6.45, 7) is 9.21. The first-order valence-electron chi connectivity index (χ1n) is 7.41. The predicted molar refractivity (Wildman–Crippen MR) is 92.6 cm³/mol. The summed E-state index contributed by atoms with van der Waals surface area (Å²) >= 11 is 3.60. The van der Waals surface area contributed by atoms with Crippen LogP contribution in [0.4, 0.5) is 5.69 Å². The van der Waals surface area contributed by atoms with Crippen molar-refractivity contribution in [1.29, 1.82) is 0 Å². The van der Waals surface area contributed by atoms with Crippen molar-refractivity contribution in [1.82, 2.24) is 10.6 Å². The summed E-state index contributed by atoms with van der Waals surface area (Å²) in [6.07, 6.45) is 0. The highest BCUT2D eigenvalue weighted by Crippen LogP contribution is 2.26. The minimum atomic E-state index is 0.0366. The quantitative estimate of drug-likeness (QED) is 0.753. The van der Waals surface area contributed by atoms with Crippen molar-refractivity contribution in [3.8, 4) is 0 Å². The Balaban J connectivity index is 2.62. The van der Waals surface area contributed by atoms with Crippen LogP contribution >= 0.6 is 15.9 Å². The molecule has 0 fully saturated rings. The van der Waals surface area contributed by atoms with Gasteiger partial charge in [0.1, 0.15) is 0 Å². The lowest BCUT2D eigenvalue weighted by Crippen LogP contribution is -2.35. The first-order valence-corrected chi connectivity index (χ1v) is 8.20. The largest absolute Gasteiger partial charge is 0.364 e. The number of benzene rings is 1. The molecule has 0 aliphatic rings. The van der Waals surface area contributed by atoms with E-state index in [2.05, 4.69) is 58.6 Å². The Hall–Kier alpha value is -1.07. The predicted octanol–water partition coefficient (Wildman–Crippen LogP) is 2.77. The van der Waals surface area contributed by atoms with Gasteiger partial charge in [0.2, 0.25) is 5.91 Å². The van der Waals surface area contributed by atoms with Crippen LogP contribution in [0, 0.1) is 5.92 Å². The van der Waals surface area contributed by atoms with Crippen molar-refractivity contribution < 1.29 is 4.79 Å². The van der Waals surface area contributed by atoms with Crippen molar-refractivity contribution in [3.63, 3.8) is 0 Å². The summed E-state index contributed by atoms with van der Waals surface area (Å²) in [6, 6.07) is 6.26. The molecular formula is C16H26BrN3O. The molecule has 1 aromatic rings. The van der Waals surface area contributed by atoms with Gasteiger partial charge in [-0.15, -0.1) is 0 Å². The molecule has 0 atom stereocenters. The van der Waals surface area contributed by atoms with Gasteiger partial charge in [-0.1, -0.05) is 19.9 Å². The maximum atomic E-state index is 11.6. The Morgan fingerprint density at radius 2 is 2.10 bits per heavy atom. The number of nitrogens with one attached hydrogen (secondary N) is 2. The third kappa shape index (κ3) is 6.48. The van der Waals surface area contributed by atoms with Crippen LogP contribution in [-0.2, 0) is 11.3 Å². The molecular weight excluding hydrogens is 330 g/mol. The summed E-state index contributed by atoms with van der Waals surface area (Å²) in [5, 5.41) is 6.24. The maximum absolute atomic E-state index is 11.6. The minimum absolute atomic E-state index is 0.0366. The second-order valence-corrected chi connectivity index (χ2v) is 6.47. The van der Waals surface area contributed by atoms with Crippen LogP contribution in [0.5, 0.6) is 0 Å². The number of hydrogen-bond acceptors (Lipinski definition) is 3. The summed E-state index contributed by atoms with van der Waals surface area (Å²) in [4.78, 5) is 13.6. The maximum Gasteiger partial charge on any atom is 0.239 e. The monoisotopic (exact) mass is 355 g/mol. The summed E-state index contributed by atoms with van der Waals surface area (Å²) in [5.74, 6) is 0.686. The van der Waals surface area contributed by atoms with Gasteiger partial charge in [-0.3, -0.25) is 4.79 Å². The van der Waals surface area contributed by atoms with Crippen LogP contribution in [0.25, 0.3) is 0 Å². The van der Waals surface area contributed by atoms with E-state index in [4.69, 9.17) is 0 Å². The van der Waals surface area contributed by atoms with E-state index in [1.54, 1.807) is 0 Å². The molecule has 0 aromatic heterocycles. The third-order valence-electron chi connectivity index (χ3n) is 3.06. The standard InChI is InChI=1S/C16H26BrN3O/c1-5-19-16(21)11-20(4)15-7-6-13(8-14(15)17)10-18-9-12(2)3/h6-8,12,18H,5,9-11H2,1-4H3,(H,19,21). The molecule has 0 spiro atoms. The topological polar surface area (TPSA) is 44.4 Å². The number of amides is 1. The minimum Gasteiger partial charge on any atom is -0.364 e. The molecule has 0 saturated heterocycles. The van der Waals surface area contributed by atoms with Crippen molar-refractivity contribution in [2.75, 3.05) is 31.6 Å². The molecule has 0 heterocycles. The molecule has 1 amide bonds. The number of carbonyl (C=O) groups excluding carboxylic acids is 1. The second-order valence-electron chi connectivity index (χ2n) is 5.62. The van der Waals surface area contributed by atoms with Crippen molar-refractivity contribution in [2.45, 2.75) is 27.3 Å². The Labute approximate surface area is 136 Å². The van der Waals surface area contributed by atoms with Crippen LogP contribution in [0.3, 0.4) is 0 Å². The first kappa shape index (κ1) is 18.0. The molecule has 4 nitrogen and oxygen atoms in total. The molecule has 2 N–H and O–H groups in total. The van der Waals surface area contributed by atoms with E-state index >= 15 is 0 Å². The number of hydrogen-bond donors (Lipinski definition) is 2. The SMILES string of the molecule is CCNC(=O)CN(C)c1ccc(CNCC(C)C)cc1Br. The van der Waals surface area contributed by atoms with Crippen LogP contribution in [0.15, 0.2) is 22.7 Å². The van der Waals surface area contributed by atoms with Gasteiger partial charge in [0.05, 0.1) is 12.2 Å². The van der Waals surface area contributed by atoms with Crippen molar-refractivity contribution >= 4 is 27.5 Å². The van der Waals surface area contributed by atoms with Gasteiger partial charge in [0, 0.05) is 24.6 Å². The fraction of sp³-hybridized carbons (Fsp3) is 0.562. The van der Waals surface area contributed by atoms with E-state index in [1.165, 1.54) is 5.56 Å². The zero-order valence-corrected chi connectivity index (χ0v) is 15.0. The van der Waals surface area contributed by atoms with Crippen LogP contribution in [0.2, 0.25) is 0 Å².